The molecule has 0 aliphatic carbocycles. The molecule has 2 aromatic rings. The van der Waals surface area contributed by atoms with Gasteiger partial charge in [0, 0.05) is 0 Å². The summed E-state index contributed by atoms with van der Waals surface area (Å²) >= 11 is 0. The molecule has 2 aromatic carbocycles. The summed E-state index contributed by atoms with van der Waals surface area (Å²) in [7, 11) is 1.38. The second-order valence-electron chi connectivity index (χ2n) is 4.60. The number of carbonyl (C=O) groups excluding carboxylic acids is 1. The summed E-state index contributed by atoms with van der Waals surface area (Å²) in [5, 5.41) is 0. The van der Waals surface area contributed by atoms with E-state index in [1.807, 2.05) is 49.4 Å². The Morgan fingerprint density at radius 3 is 2.20 bits per heavy atom. The van der Waals surface area contributed by atoms with E-state index in [2.05, 4.69) is 16.9 Å². The highest BCUT2D eigenvalue weighted by atomic mass is 16.5. The number of hydrogen-bond acceptors (Lipinski definition) is 3. The highest BCUT2D eigenvalue weighted by molar-refractivity contribution is 5.69. The zero-order valence-electron chi connectivity index (χ0n) is 11.7. The third-order valence-corrected chi connectivity index (χ3v) is 2.98. The fourth-order valence-corrected chi connectivity index (χ4v) is 1.95. The van der Waals surface area contributed by atoms with E-state index in [0.29, 0.717) is 0 Å². The zero-order valence-corrected chi connectivity index (χ0v) is 11.7. The summed E-state index contributed by atoms with van der Waals surface area (Å²) in [5.41, 5.74) is 2.31. The van der Waals surface area contributed by atoms with Crippen molar-refractivity contribution >= 4 is 5.97 Å². The van der Waals surface area contributed by atoms with E-state index < -0.39 is 0 Å². The molecule has 0 aromatic heterocycles. The highest BCUT2D eigenvalue weighted by Gasteiger charge is 2.10. The van der Waals surface area contributed by atoms with Gasteiger partial charge in [0.2, 0.25) is 0 Å². The lowest BCUT2D eigenvalue weighted by atomic mass is 10.1. The molecule has 1 atom stereocenters. The molecule has 0 spiro atoms. The van der Waals surface area contributed by atoms with Gasteiger partial charge in [-0.3, -0.25) is 4.79 Å². The molecule has 0 aliphatic heterocycles. The van der Waals surface area contributed by atoms with Crippen molar-refractivity contribution in [2.75, 3.05) is 7.11 Å². The van der Waals surface area contributed by atoms with Crippen LogP contribution in [-0.4, -0.2) is 19.2 Å². The van der Waals surface area contributed by atoms with Crippen LogP contribution in [0.5, 0.6) is 5.75 Å². The number of rotatable bonds is 5. The van der Waals surface area contributed by atoms with Crippen molar-refractivity contribution in [1.29, 1.82) is 0 Å². The monoisotopic (exact) mass is 270 g/mol. The molecular formula is C17H18O3. The van der Waals surface area contributed by atoms with Gasteiger partial charge in [-0.25, -0.2) is 0 Å². The van der Waals surface area contributed by atoms with E-state index in [1.165, 1.54) is 12.7 Å². The fourth-order valence-electron chi connectivity index (χ4n) is 1.95. The van der Waals surface area contributed by atoms with Crippen molar-refractivity contribution < 1.29 is 14.3 Å². The predicted molar refractivity (Wildman–Crippen MR) is 78.6 cm³/mol. The van der Waals surface area contributed by atoms with E-state index in [9.17, 15) is 4.79 Å². The summed E-state index contributed by atoms with van der Waals surface area (Å²) < 4.78 is 10.3. The first-order valence-corrected chi connectivity index (χ1v) is 6.58. The molecule has 0 radical (unpaired) electrons. The minimum atomic E-state index is -0.265. The Morgan fingerprint density at radius 1 is 1.00 bits per heavy atom. The molecule has 3 heteroatoms. The lowest BCUT2D eigenvalue weighted by Gasteiger charge is -2.13. The molecule has 0 saturated heterocycles. The van der Waals surface area contributed by atoms with Crippen LogP contribution in [0.25, 0.3) is 11.1 Å². The summed E-state index contributed by atoms with van der Waals surface area (Å²) in [6.45, 7) is 1.85. The minimum absolute atomic E-state index is 0.204. The molecule has 3 nitrogen and oxygen atoms in total. The van der Waals surface area contributed by atoms with Gasteiger partial charge >= 0.3 is 5.97 Å². The van der Waals surface area contributed by atoms with Crippen LogP contribution in [0.1, 0.15) is 13.3 Å². The van der Waals surface area contributed by atoms with Crippen LogP contribution in [-0.2, 0) is 9.53 Å². The van der Waals surface area contributed by atoms with Gasteiger partial charge in [-0.15, -0.1) is 0 Å². The van der Waals surface area contributed by atoms with Crippen molar-refractivity contribution in [3.8, 4) is 16.9 Å². The van der Waals surface area contributed by atoms with Gasteiger partial charge in [0.1, 0.15) is 11.9 Å². The van der Waals surface area contributed by atoms with E-state index in [0.717, 1.165) is 11.3 Å². The standard InChI is InChI=1S/C17H18O3/c1-13(12-17(18)19-2)20-16-10-8-15(9-11-16)14-6-4-3-5-7-14/h3-11,13H,12H2,1-2H3. The topological polar surface area (TPSA) is 35.5 Å². The van der Waals surface area contributed by atoms with Gasteiger partial charge in [0.15, 0.2) is 0 Å². The molecular weight excluding hydrogens is 252 g/mol. The van der Waals surface area contributed by atoms with E-state index in [-0.39, 0.29) is 18.5 Å². The summed E-state index contributed by atoms with van der Waals surface area (Å²) in [6, 6.07) is 18.0. The average Bonchev–Trinajstić information content (AvgIpc) is 2.48. The quantitative estimate of drug-likeness (QED) is 0.777. The average molecular weight is 270 g/mol. The summed E-state index contributed by atoms with van der Waals surface area (Å²) in [5.74, 6) is 0.486. The van der Waals surface area contributed by atoms with Crippen molar-refractivity contribution in [2.45, 2.75) is 19.4 Å². The Bertz CT molecular complexity index is 546. The Labute approximate surface area is 119 Å². The molecule has 0 bridgehead atoms. The van der Waals surface area contributed by atoms with Gasteiger partial charge in [0.25, 0.3) is 0 Å². The fraction of sp³-hybridized carbons (Fsp3) is 0.235. The number of ether oxygens (including phenoxy) is 2. The molecule has 0 heterocycles. The summed E-state index contributed by atoms with van der Waals surface area (Å²) in [4.78, 5) is 11.1. The minimum Gasteiger partial charge on any atom is -0.490 e. The highest BCUT2D eigenvalue weighted by Crippen LogP contribution is 2.22. The number of esters is 1. The van der Waals surface area contributed by atoms with Gasteiger partial charge in [-0.1, -0.05) is 42.5 Å². The van der Waals surface area contributed by atoms with E-state index in [4.69, 9.17) is 4.74 Å². The molecule has 0 amide bonds. The number of carbonyl (C=O) groups is 1. The molecule has 0 aliphatic rings. The maximum absolute atomic E-state index is 11.1. The Hall–Kier alpha value is -2.29. The van der Waals surface area contributed by atoms with Crippen LogP contribution >= 0.6 is 0 Å². The molecule has 104 valence electrons. The third-order valence-electron chi connectivity index (χ3n) is 2.98. The first kappa shape index (κ1) is 14.1. The van der Waals surface area contributed by atoms with Crippen LogP contribution in [0.4, 0.5) is 0 Å². The van der Waals surface area contributed by atoms with Gasteiger partial charge in [-0.05, 0) is 30.2 Å². The Kier molecular flexibility index (Phi) is 4.77. The zero-order chi connectivity index (χ0) is 14.4. The van der Waals surface area contributed by atoms with Crippen LogP contribution in [0.2, 0.25) is 0 Å². The van der Waals surface area contributed by atoms with Crippen LogP contribution in [0, 0.1) is 0 Å². The second-order valence-corrected chi connectivity index (χ2v) is 4.60. The molecule has 0 saturated carbocycles. The Balaban J connectivity index is 2.00. The van der Waals surface area contributed by atoms with Crippen molar-refractivity contribution in [2.24, 2.45) is 0 Å². The molecule has 0 fully saturated rings. The molecule has 20 heavy (non-hydrogen) atoms. The molecule has 0 N–H and O–H groups in total. The normalized spacial score (nSPS) is 11.7. The second kappa shape index (κ2) is 6.75. The number of hydrogen-bond donors (Lipinski definition) is 0. The maximum Gasteiger partial charge on any atom is 0.309 e. The SMILES string of the molecule is COC(=O)CC(C)Oc1ccc(-c2ccccc2)cc1. The largest absolute Gasteiger partial charge is 0.490 e. The first-order chi connectivity index (χ1) is 9.69. The maximum atomic E-state index is 11.1. The van der Waals surface area contributed by atoms with E-state index in [1.54, 1.807) is 0 Å². The smallest absolute Gasteiger partial charge is 0.309 e. The third kappa shape index (κ3) is 3.85. The number of benzene rings is 2. The predicted octanol–water partition coefficient (Wildman–Crippen LogP) is 3.68. The van der Waals surface area contributed by atoms with Gasteiger partial charge in [-0.2, -0.15) is 0 Å². The molecule has 2 rings (SSSR count). The first-order valence-electron chi connectivity index (χ1n) is 6.58. The lowest BCUT2D eigenvalue weighted by Crippen LogP contribution is -2.17. The lowest BCUT2D eigenvalue weighted by molar-refractivity contribution is -0.142. The van der Waals surface area contributed by atoms with Crippen molar-refractivity contribution in [3.05, 3.63) is 54.6 Å². The Morgan fingerprint density at radius 2 is 1.60 bits per heavy atom. The van der Waals surface area contributed by atoms with Crippen molar-refractivity contribution in [3.63, 3.8) is 0 Å². The van der Waals surface area contributed by atoms with Crippen LogP contribution in [0.15, 0.2) is 54.6 Å². The van der Waals surface area contributed by atoms with Gasteiger partial charge in [0.05, 0.1) is 13.5 Å². The van der Waals surface area contributed by atoms with Crippen LogP contribution < -0.4 is 4.74 Å². The van der Waals surface area contributed by atoms with E-state index >= 15 is 0 Å². The number of methoxy groups -OCH3 is 1. The molecule has 1 unspecified atom stereocenters. The van der Waals surface area contributed by atoms with Gasteiger partial charge < -0.3 is 9.47 Å². The summed E-state index contributed by atoms with van der Waals surface area (Å²) in [6.07, 6.45) is 0.0433. The van der Waals surface area contributed by atoms with Crippen molar-refractivity contribution in [1.82, 2.24) is 0 Å². The van der Waals surface area contributed by atoms with Crippen LogP contribution in [0.3, 0.4) is 0 Å².